The molecule has 0 aromatic heterocycles. The van der Waals surface area contributed by atoms with E-state index in [4.69, 9.17) is 33.5 Å². The number of hydrogen-bond acceptors (Lipinski definition) is 21. The standard InChI is InChI=1S/C56H99ClN14O18/c1-6-8-9-10-11-12-13-14-15-19-33(73)28-42(76)62-39-31-89-56(88)44(40(74)30-57)69-54(85)45(46(77)55(86)87)70-47(78)34(7-2)63-53(84)43(32(3)72)68-50(81)37(22-25-60)65-48(79)35(20-16-17-23-58)64-51(82)38(29-41(75)61-26-18-27-71(4)5)67-49(80)36(21-24-59)66-52(39)83/h7,32-33,35-40,43-46,72-74,77H,6,8-31,58-60H2,1-5H3,(H,61,75)(H,62,76)(H,63,84)(H,64,82)(H,65,79)(H,66,83)(H,67,80)(H,68,81)(H,69,85)(H,70,78)(H,86,87)/b34-7+/t32-,33-,35-,36+,37-,38-,39-,40+,43-,44-,45-,46?/m0/s1. The van der Waals surface area contributed by atoms with Crippen LogP contribution in [0.5, 0.6) is 0 Å². The Morgan fingerprint density at radius 2 is 1.17 bits per heavy atom. The number of rotatable bonds is 32. The molecular weight excluding hydrogens is 1190 g/mol. The molecule has 0 aromatic rings. The first-order chi connectivity index (χ1) is 42.2. The van der Waals surface area contributed by atoms with E-state index in [0.717, 1.165) is 64.4 Å². The lowest BCUT2D eigenvalue weighted by atomic mass is 10.0. The summed E-state index contributed by atoms with van der Waals surface area (Å²) in [6.45, 7) is 3.44. The molecule has 33 heteroatoms. The van der Waals surface area contributed by atoms with Gasteiger partial charge >= 0.3 is 11.9 Å². The molecule has 1 fully saturated rings. The number of esters is 1. The summed E-state index contributed by atoms with van der Waals surface area (Å²) in [6, 6.07) is -15.5. The molecule has 10 amide bonds. The van der Waals surface area contributed by atoms with Crippen molar-refractivity contribution in [3.8, 4) is 0 Å². The molecule has 0 aliphatic carbocycles. The van der Waals surface area contributed by atoms with Crippen molar-refractivity contribution in [3.63, 3.8) is 0 Å². The zero-order valence-corrected chi connectivity index (χ0v) is 52.5. The summed E-state index contributed by atoms with van der Waals surface area (Å²) in [5.41, 5.74) is 16.7. The minimum absolute atomic E-state index is 0.129. The SMILES string of the molecule is C/C=C1/NC(=O)[C@H]([C@H](C)O)NC(=O)[C@H](CCN)NC(=O)[C@H](CCCCN)NC(=O)[C@H](CC(=O)NCCCN(C)C)NC(=O)[C@@H](CCN)NC(=O)[C@@H](NC(=O)C[C@@H](O)CCCCCCCCCCC)COC(=O)[C@H]([C@H](O)CCl)NC(=O)[C@H](C(O)C(=O)O)NC1=O. The molecule has 0 spiro atoms. The minimum atomic E-state index is -2.83. The average molecular weight is 1290 g/mol. The fourth-order valence-corrected chi connectivity index (χ4v) is 9.11. The first-order valence-corrected chi connectivity index (χ1v) is 30.8. The van der Waals surface area contributed by atoms with Crippen molar-refractivity contribution < 1.29 is 87.8 Å². The number of cyclic esters (lactones) is 1. The number of alkyl halides is 1. The summed E-state index contributed by atoms with van der Waals surface area (Å²) < 4.78 is 5.34. The predicted molar refractivity (Wildman–Crippen MR) is 324 cm³/mol. The largest absolute Gasteiger partial charge is 0.479 e. The van der Waals surface area contributed by atoms with Gasteiger partial charge in [-0.25, -0.2) is 9.59 Å². The molecular formula is C56H99ClN14O18. The van der Waals surface area contributed by atoms with Crippen LogP contribution >= 0.6 is 11.6 Å². The van der Waals surface area contributed by atoms with E-state index in [2.05, 4.69) is 49.5 Å². The third-order valence-corrected chi connectivity index (χ3v) is 14.4. The number of aliphatic hydroxyl groups is 4. The average Bonchev–Trinajstić information content (AvgIpc) is 3.60. The fourth-order valence-electron chi connectivity index (χ4n) is 8.93. The van der Waals surface area contributed by atoms with Gasteiger partial charge in [-0.05, 0) is 99.1 Å². The van der Waals surface area contributed by atoms with Crippen molar-refractivity contribution in [3.05, 3.63) is 11.8 Å². The van der Waals surface area contributed by atoms with E-state index in [0.29, 0.717) is 25.8 Å². The number of halogens is 1. The summed E-state index contributed by atoms with van der Waals surface area (Å²) in [4.78, 5) is 168. The Morgan fingerprint density at radius 3 is 1.70 bits per heavy atom. The number of nitrogens with one attached hydrogen (secondary N) is 10. The molecule has 12 atom stereocenters. The Balaban J connectivity index is 4.12. The number of amides is 10. The van der Waals surface area contributed by atoms with Crippen molar-refractivity contribution in [2.24, 2.45) is 17.2 Å². The summed E-state index contributed by atoms with van der Waals surface area (Å²) in [6.07, 6.45) is 0.788. The molecule has 1 unspecified atom stereocenters. The van der Waals surface area contributed by atoms with E-state index in [1.54, 1.807) is 0 Å². The van der Waals surface area contributed by atoms with Crippen molar-refractivity contribution in [1.29, 1.82) is 0 Å². The number of unbranched alkanes of at least 4 members (excludes halogenated alkanes) is 9. The van der Waals surface area contributed by atoms with Gasteiger partial charge < -0.3 is 106 Å². The number of hydrogen-bond donors (Lipinski definition) is 18. The Hall–Kier alpha value is -6.65. The molecule has 32 nitrogen and oxygen atoms in total. The summed E-state index contributed by atoms with van der Waals surface area (Å²) in [7, 11) is 3.62. The van der Waals surface area contributed by atoms with Crippen LogP contribution in [0.4, 0.5) is 0 Å². The Bertz CT molecular complexity index is 2320. The van der Waals surface area contributed by atoms with Gasteiger partial charge in [0.25, 0.3) is 5.91 Å². The van der Waals surface area contributed by atoms with Crippen LogP contribution < -0.4 is 70.4 Å². The molecule has 89 heavy (non-hydrogen) atoms. The number of nitrogens with two attached hydrogens (primary N) is 3. The van der Waals surface area contributed by atoms with Gasteiger partial charge in [-0.3, -0.25) is 47.9 Å². The highest BCUT2D eigenvalue weighted by Crippen LogP contribution is 2.14. The Kier molecular flexibility index (Phi) is 40.4. The molecule has 0 radical (unpaired) electrons. The topological polar surface area (TPSA) is 517 Å². The van der Waals surface area contributed by atoms with E-state index in [-0.39, 0.29) is 51.9 Å². The van der Waals surface area contributed by atoms with Crippen LogP contribution in [0.1, 0.15) is 136 Å². The van der Waals surface area contributed by atoms with E-state index >= 15 is 0 Å². The van der Waals surface area contributed by atoms with Gasteiger partial charge in [-0.2, -0.15) is 0 Å². The van der Waals surface area contributed by atoms with E-state index in [9.17, 15) is 83.1 Å². The van der Waals surface area contributed by atoms with Gasteiger partial charge in [0.15, 0.2) is 12.1 Å². The van der Waals surface area contributed by atoms with Crippen molar-refractivity contribution >= 4 is 82.6 Å². The molecule has 1 heterocycles. The van der Waals surface area contributed by atoms with Crippen LogP contribution in [0.2, 0.25) is 0 Å². The highest BCUT2D eigenvalue weighted by atomic mass is 35.5. The number of nitrogens with zero attached hydrogens (tertiary/aromatic N) is 1. The number of aliphatic hydroxyl groups excluding tert-OH is 4. The molecule has 21 N–H and O–H groups in total. The van der Waals surface area contributed by atoms with Gasteiger partial charge in [-0.1, -0.05) is 70.8 Å². The zero-order chi connectivity index (χ0) is 67.2. The van der Waals surface area contributed by atoms with Crippen LogP contribution in [0, 0.1) is 0 Å². The maximum Gasteiger partial charge on any atom is 0.335 e. The van der Waals surface area contributed by atoms with Gasteiger partial charge in [0, 0.05) is 6.54 Å². The van der Waals surface area contributed by atoms with Crippen LogP contribution in [0.25, 0.3) is 0 Å². The smallest absolute Gasteiger partial charge is 0.335 e. The third-order valence-electron chi connectivity index (χ3n) is 14.1. The maximum absolute atomic E-state index is 14.4. The highest BCUT2D eigenvalue weighted by Gasteiger charge is 2.41. The molecule has 508 valence electrons. The molecule has 1 saturated heterocycles. The van der Waals surface area contributed by atoms with Gasteiger partial charge in [0.1, 0.15) is 54.6 Å². The Morgan fingerprint density at radius 1 is 0.640 bits per heavy atom. The minimum Gasteiger partial charge on any atom is -0.479 e. The summed E-state index contributed by atoms with van der Waals surface area (Å²) >= 11 is 5.90. The second-order valence-electron chi connectivity index (χ2n) is 22.0. The quantitative estimate of drug-likeness (QED) is 0.0130. The highest BCUT2D eigenvalue weighted by molar-refractivity contribution is 6.18. The van der Waals surface area contributed by atoms with Crippen molar-refractivity contribution in [1.82, 2.24) is 58.1 Å². The lowest BCUT2D eigenvalue weighted by molar-refractivity contribution is -0.155. The maximum atomic E-state index is 14.4. The second-order valence-corrected chi connectivity index (χ2v) is 22.3. The molecule has 1 aliphatic rings. The van der Waals surface area contributed by atoms with Crippen molar-refractivity contribution in [2.45, 2.75) is 209 Å². The molecule has 0 bridgehead atoms. The third kappa shape index (κ3) is 31.6. The number of carbonyl (C=O) groups is 12. The fraction of sp³-hybridized carbons (Fsp3) is 0.750. The predicted octanol–water partition coefficient (Wildman–Crippen LogP) is -5.18. The lowest BCUT2D eigenvalue weighted by Crippen LogP contribution is -2.62. The first kappa shape index (κ1) is 80.4. The number of allylic oxidation sites excluding steroid dienone is 1. The molecule has 0 saturated carbocycles. The number of carboxylic acid groups (broad SMARTS) is 1. The van der Waals surface area contributed by atoms with E-state index in [1.165, 1.54) is 6.92 Å². The van der Waals surface area contributed by atoms with Gasteiger partial charge in [0.05, 0.1) is 37.0 Å². The number of carboxylic acids is 1. The number of aliphatic carboxylic acids is 1. The van der Waals surface area contributed by atoms with Crippen LogP contribution in [-0.2, 0) is 62.3 Å². The molecule has 1 rings (SSSR count). The van der Waals surface area contributed by atoms with Crippen LogP contribution in [0.15, 0.2) is 11.8 Å². The summed E-state index contributed by atoms with van der Waals surface area (Å²) in [5, 5.41) is 76.1. The monoisotopic (exact) mass is 1290 g/mol. The molecule has 0 aromatic carbocycles. The van der Waals surface area contributed by atoms with E-state index in [1.807, 2.05) is 29.6 Å². The lowest BCUT2D eigenvalue weighted by Gasteiger charge is -2.29. The van der Waals surface area contributed by atoms with Crippen molar-refractivity contribution in [2.75, 3.05) is 59.3 Å². The normalized spacial score (nSPS) is 23.7. The number of carbonyl (C=O) groups excluding carboxylic acids is 11. The van der Waals surface area contributed by atoms with Crippen LogP contribution in [0.3, 0.4) is 0 Å². The molecule has 1 aliphatic heterocycles. The summed E-state index contributed by atoms with van der Waals surface area (Å²) in [5.74, 6) is -16.4. The van der Waals surface area contributed by atoms with Gasteiger partial charge in [0.2, 0.25) is 53.2 Å². The second kappa shape index (κ2) is 44.7. The van der Waals surface area contributed by atoms with Crippen LogP contribution in [-0.4, -0.2) is 233 Å². The van der Waals surface area contributed by atoms with E-state index < -0.39 is 181 Å². The number of ether oxygens (including phenoxy) is 1. The first-order valence-electron chi connectivity index (χ1n) is 30.3. The van der Waals surface area contributed by atoms with Gasteiger partial charge in [-0.15, -0.1) is 11.6 Å². The zero-order valence-electron chi connectivity index (χ0n) is 51.8. The Labute approximate surface area is 524 Å².